The molecule has 0 bridgehead atoms. The molecule has 6 heteroatoms. The molecule has 0 aliphatic rings. The second-order valence-electron chi connectivity index (χ2n) is 18.3. The molecule has 0 saturated carbocycles. The number of aliphatic hydroxyl groups excluding tert-OH is 2. The van der Waals surface area contributed by atoms with Crippen molar-refractivity contribution < 1.29 is 24.5 Å². The van der Waals surface area contributed by atoms with Gasteiger partial charge >= 0.3 is 5.97 Å². The van der Waals surface area contributed by atoms with Gasteiger partial charge < -0.3 is 20.3 Å². The van der Waals surface area contributed by atoms with Crippen molar-refractivity contribution in [1.29, 1.82) is 0 Å². The van der Waals surface area contributed by atoms with Gasteiger partial charge in [-0.25, -0.2) is 0 Å². The number of carbonyl (C=O) groups is 2. The van der Waals surface area contributed by atoms with Crippen LogP contribution < -0.4 is 5.32 Å². The summed E-state index contributed by atoms with van der Waals surface area (Å²) < 4.78 is 5.83. The summed E-state index contributed by atoms with van der Waals surface area (Å²) in [6.45, 7) is 6.20. The maximum absolute atomic E-state index is 13.2. The van der Waals surface area contributed by atoms with E-state index in [4.69, 9.17) is 4.74 Å². The van der Waals surface area contributed by atoms with Crippen LogP contribution in [0.1, 0.15) is 233 Å². The Morgan fingerprint density at radius 3 is 1.37 bits per heavy atom. The van der Waals surface area contributed by atoms with E-state index in [-0.39, 0.29) is 24.9 Å². The van der Waals surface area contributed by atoms with Gasteiger partial charge in [-0.15, -0.1) is 0 Å². The molecular formula is C62H103NO5. The third kappa shape index (κ3) is 48.7. The number of unbranched alkanes of at least 4 members (excludes halogenated alkanes) is 21. The number of nitrogens with one attached hydrogen (secondary N) is 1. The highest BCUT2D eigenvalue weighted by Crippen LogP contribution is 2.16. The Labute approximate surface area is 419 Å². The number of carbonyl (C=O) groups excluding carboxylic acids is 2. The van der Waals surface area contributed by atoms with Gasteiger partial charge in [0.1, 0.15) is 6.10 Å². The molecule has 0 aromatic heterocycles. The minimum Gasteiger partial charge on any atom is -0.458 e. The van der Waals surface area contributed by atoms with Crippen molar-refractivity contribution in [2.24, 2.45) is 0 Å². The molecule has 3 atom stereocenters. The minimum absolute atomic E-state index is 0.0643. The molecule has 0 aromatic carbocycles. The zero-order valence-corrected chi connectivity index (χ0v) is 43.9. The van der Waals surface area contributed by atoms with Gasteiger partial charge in [0.05, 0.1) is 25.2 Å². The normalized spacial score (nSPS) is 14.1. The van der Waals surface area contributed by atoms with Crippen molar-refractivity contribution >= 4 is 11.9 Å². The monoisotopic (exact) mass is 942 g/mol. The predicted octanol–water partition coefficient (Wildman–Crippen LogP) is 17.2. The van der Waals surface area contributed by atoms with E-state index in [0.717, 1.165) is 96.3 Å². The Balaban J connectivity index is 4.77. The second-order valence-corrected chi connectivity index (χ2v) is 18.3. The van der Waals surface area contributed by atoms with E-state index in [1.54, 1.807) is 6.08 Å². The summed E-state index contributed by atoms with van der Waals surface area (Å²) in [4.78, 5) is 26.2. The lowest BCUT2D eigenvalue weighted by atomic mass is 10.0. The zero-order valence-electron chi connectivity index (χ0n) is 43.9. The van der Waals surface area contributed by atoms with E-state index in [1.165, 1.54) is 89.9 Å². The molecule has 68 heavy (non-hydrogen) atoms. The average molecular weight is 943 g/mol. The van der Waals surface area contributed by atoms with Gasteiger partial charge in [-0.05, 0) is 76.7 Å². The number of amides is 1. The highest BCUT2D eigenvalue weighted by molar-refractivity contribution is 5.78. The number of ether oxygens (including phenoxy) is 1. The standard InChI is InChI=1S/C62H103NO5/c1-4-7-10-13-16-19-22-25-28-30-33-35-38-41-44-47-50-53-58(68-62(67)55-52-49-46-43-40-37-32-27-24-21-18-15-12-9-6-3)56-61(66)63-59(57-64)60(65)54-51-48-45-42-39-36-34-31-29-26-23-20-17-14-11-8-5-2/h7,9-10,12,15-16,18-19,21,24-25,27-28,32-33,35,41,44,50,53,58-60,64-65H,4-6,8,11,13-14,17,20,22-23,26,29-31,34,36-40,42-43,45-49,51-52,54-57H2,1-3H3,(H,63,66)/b10-7-,12-9+,18-15+,19-16-,24-21+,28-25-,32-27-,35-33-,44-41-,53-50-. The SMILES string of the molecule is CC/C=C\C/C=C\C/C=C\C/C=C\C/C=C\C/C=C\C(CC(=O)NC(CO)C(O)CCCCCCCCCCCCCCCCCCC)OC(=O)CCCCCCC\C=C/C=C/C=C/C=C/CC. The molecule has 6 nitrogen and oxygen atoms in total. The van der Waals surface area contributed by atoms with Crippen LogP contribution in [0.3, 0.4) is 0 Å². The Morgan fingerprint density at radius 2 is 0.882 bits per heavy atom. The van der Waals surface area contributed by atoms with E-state index in [9.17, 15) is 19.8 Å². The highest BCUT2D eigenvalue weighted by atomic mass is 16.5. The molecule has 0 spiro atoms. The van der Waals surface area contributed by atoms with E-state index >= 15 is 0 Å². The molecular weight excluding hydrogens is 839 g/mol. The van der Waals surface area contributed by atoms with Crippen LogP contribution in [-0.4, -0.2) is 46.9 Å². The summed E-state index contributed by atoms with van der Waals surface area (Å²) in [7, 11) is 0. The largest absolute Gasteiger partial charge is 0.458 e. The first kappa shape index (κ1) is 64.3. The lowest BCUT2D eigenvalue weighted by Crippen LogP contribution is -2.46. The molecule has 3 N–H and O–H groups in total. The Morgan fingerprint density at radius 1 is 0.471 bits per heavy atom. The topological polar surface area (TPSA) is 95.9 Å². The van der Waals surface area contributed by atoms with Gasteiger partial charge in [0.15, 0.2) is 0 Å². The highest BCUT2D eigenvalue weighted by Gasteiger charge is 2.23. The number of hydrogen-bond acceptors (Lipinski definition) is 5. The van der Waals surface area contributed by atoms with Crippen molar-refractivity contribution in [3.8, 4) is 0 Å². The molecule has 0 aliphatic heterocycles. The maximum Gasteiger partial charge on any atom is 0.306 e. The van der Waals surface area contributed by atoms with Crippen molar-refractivity contribution in [3.63, 3.8) is 0 Å². The third-order valence-electron chi connectivity index (χ3n) is 11.9. The predicted molar refractivity (Wildman–Crippen MR) is 296 cm³/mol. The molecule has 0 fully saturated rings. The molecule has 0 heterocycles. The molecule has 1 amide bonds. The van der Waals surface area contributed by atoms with Crippen LogP contribution in [0.4, 0.5) is 0 Å². The molecule has 0 rings (SSSR count). The minimum atomic E-state index is -0.833. The van der Waals surface area contributed by atoms with Crippen molar-refractivity contribution in [3.05, 3.63) is 122 Å². The van der Waals surface area contributed by atoms with Crippen molar-refractivity contribution in [2.45, 2.75) is 251 Å². The number of rotatable bonds is 48. The number of allylic oxidation sites excluding steroid dienone is 19. The molecule has 0 radical (unpaired) electrons. The summed E-state index contributed by atoms with van der Waals surface area (Å²) in [5, 5.41) is 23.8. The first-order chi connectivity index (χ1) is 33.5. The third-order valence-corrected chi connectivity index (χ3v) is 11.9. The number of esters is 1. The van der Waals surface area contributed by atoms with Gasteiger partial charge in [-0.3, -0.25) is 9.59 Å². The van der Waals surface area contributed by atoms with Crippen LogP contribution in [0.5, 0.6) is 0 Å². The van der Waals surface area contributed by atoms with Gasteiger partial charge in [-0.1, -0.05) is 265 Å². The van der Waals surface area contributed by atoms with Crippen LogP contribution in [-0.2, 0) is 14.3 Å². The summed E-state index contributed by atoms with van der Waals surface area (Å²) >= 11 is 0. The van der Waals surface area contributed by atoms with Crippen LogP contribution in [0.25, 0.3) is 0 Å². The fourth-order valence-electron chi connectivity index (χ4n) is 7.73. The molecule has 3 unspecified atom stereocenters. The molecule has 0 aromatic rings. The van der Waals surface area contributed by atoms with E-state index in [1.807, 2.05) is 24.3 Å². The van der Waals surface area contributed by atoms with E-state index in [0.29, 0.717) is 19.3 Å². The van der Waals surface area contributed by atoms with Gasteiger partial charge in [0, 0.05) is 6.42 Å². The molecule has 0 saturated heterocycles. The first-order valence-corrected chi connectivity index (χ1v) is 27.8. The quantitative estimate of drug-likeness (QED) is 0.0244. The van der Waals surface area contributed by atoms with Crippen LogP contribution in [0.15, 0.2) is 122 Å². The van der Waals surface area contributed by atoms with E-state index < -0.39 is 18.2 Å². The lowest BCUT2D eigenvalue weighted by molar-refractivity contribution is -0.148. The van der Waals surface area contributed by atoms with Crippen LogP contribution in [0, 0.1) is 0 Å². The Kier molecular flexibility index (Phi) is 51.2. The average Bonchev–Trinajstić information content (AvgIpc) is 3.33. The van der Waals surface area contributed by atoms with Gasteiger partial charge in [-0.2, -0.15) is 0 Å². The summed E-state index contributed by atoms with van der Waals surface area (Å²) in [5.74, 6) is -0.665. The van der Waals surface area contributed by atoms with Crippen molar-refractivity contribution in [1.82, 2.24) is 5.32 Å². The van der Waals surface area contributed by atoms with Gasteiger partial charge in [0.25, 0.3) is 0 Å². The fraction of sp³-hybridized carbons (Fsp3) is 0.645. The fourth-order valence-corrected chi connectivity index (χ4v) is 7.73. The number of hydrogen-bond donors (Lipinski definition) is 3. The second kappa shape index (κ2) is 54.2. The molecule has 0 aliphatic carbocycles. The smallest absolute Gasteiger partial charge is 0.306 e. The first-order valence-electron chi connectivity index (χ1n) is 27.8. The molecule has 386 valence electrons. The van der Waals surface area contributed by atoms with Crippen LogP contribution in [0.2, 0.25) is 0 Å². The number of aliphatic hydroxyl groups is 2. The van der Waals surface area contributed by atoms with Gasteiger partial charge in [0.2, 0.25) is 5.91 Å². The lowest BCUT2D eigenvalue weighted by Gasteiger charge is -2.23. The van der Waals surface area contributed by atoms with Crippen LogP contribution >= 0.6 is 0 Å². The van der Waals surface area contributed by atoms with Crippen molar-refractivity contribution in [2.75, 3.05) is 6.61 Å². The Hall–Kier alpha value is -3.74. The van der Waals surface area contributed by atoms with E-state index in [2.05, 4.69) is 117 Å². The summed E-state index contributed by atoms with van der Waals surface area (Å²) in [5.41, 5.74) is 0. The zero-order chi connectivity index (χ0) is 49.5. The summed E-state index contributed by atoms with van der Waals surface area (Å²) in [6, 6.07) is -0.757. The maximum atomic E-state index is 13.2. The summed E-state index contributed by atoms with van der Waals surface area (Å²) in [6.07, 6.45) is 75.7. The Bertz CT molecular complexity index is 1430.